The molecule has 0 bridgehead atoms. The molecule has 0 aromatic heterocycles. The summed E-state index contributed by atoms with van der Waals surface area (Å²) in [6.45, 7) is 3.48. The zero-order chi connectivity index (χ0) is 23.3. The van der Waals surface area contributed by atoms with Gasteiger partial charge in [0.25, 0.3) is 0 Å². The molecule has 8 nitrogen and oxygen atoms in total. The maximum absolute atomic E-state index is 11.2. The number of phenolic OH excluding ortho intramolecular Hbond substituents is 6. The lowest BCUT2D eigenvalue weighted by atomic mass is 9.80. The number of benzene rings is 3. The Morgan fingerprint density at radius 2 is 0.844 bits per heavy atom. The molecule has 0 saturated heterocycles. The van der Waals surface area contributed by atoms with Crippen LogP contribution in [0.3, 0.4) is 0 Å². The summed E-state index contributed by atoms with van der Waals surface area (Å²) in [5, 5.41) is 85.9. The third-order valence-corrected chi connectivity index (χ3v) is 5.24. The Morgan fingerprint density at radius 1 is 0.531 bits per heavy atom. The van der Waals surface area contributed by atoms with Crippen molar-refractivity contribution in [2.24, 2.45) is 0 Å². The van der Waals surface area contributed by atoms with Crippen molar-refractivity contribution < 1.29 is 40.9 Å². The van der Waals surface area contributed by atoms with E-state index in [0.29, 0.717) is 0 Å². The van der Waals surface area contributed by atoms with Gasteiger partial charge in [-0.3, -0.25) is 0 Å². The highest BCUT2D eigenvalue weighted by molar-refractivity contribution is 6.11. The van der Waals surface area contributed by atoms with Gasteiger partial charge in [0, 0.05) is 27.8 Å². The Hall–Kier alpha value is -4.72. The van der Waals surface area contributed by atoms with E-state index in [0.717, 1.165) is 42.5 Å². The minimum atomic E-state index is -0.778. The van der Waals surface area contributed by atoms with Crippen molar-refractivity contribution in [3.8, 4) is 56.8 Å². The van der Waals surface area contributed by atoms with E-state index in [1.165, 1.54) is 6.08 Å². The van der Waals surface area contributed by atoms with E-state index in [9.17, 15) is 40.9 Å². The van der Waals surface area contributed by atoms with Gasteiger partial charge in [-0.2, -0.15) is 0 Å². The van der Waals surface area contributed by atoms with E-state index in [-0.39, 0.29) is 33.4 Å². The number of aliphatic hydroxyl groups is 2. The predicted octanol–water partition coefficient (Wildman–Crippen LogP) is 4.62. The van der Waals surface area contributed by atoms with Crippen LogP contribution in [-0.2, 0) is 0 Å². The second kappa shape index (κ2) is 7.21. The molecule has 0 aliphatic heterocycles. The fraction of sp³-hybridized carbons (Fsp3) is 0. The summed E-state index contributed by atoms with van der Waals surface area (Å²) in [7, 11) is 0. The van der Waals surface area contributed by atoms with Crippen LogP contribution < -0.4 is 0 Å². The standard InChI is InChI=1S/C24H18O8/c1-2-3-10(25)22-20-14(29)7-6-13(28)18(20)17-11(26)4-5-12(27)19(17)21-15(30)8-9-16(31)23(21)24(22)32/h2-9,25-32H,1H2/b10-3+,18-17?,21-19?,22-20?,24-22+,24-23?. The molecule has 8 N–H and O–H groups in total. The molecule has 0 saturated carbocycles. The summed E-state index contributed by atoms with van der Waals surface area (Å²) in [4.78, 5) is 0. The molecule has 0 atom stereocenters. The van der Waals surface area contributed by atoms with Gasteiger partial charge < -0.3 is 40.9 Å². The Balaban J connectivity index is 2.41. The molecule has 0 spiro atoms. The Morgan fingerprint density at radius 3 is 1.25 bits per heavy atom. The topological polar surface area (TPSA) is 162 Å². The number of aromatic hydroxyl groups is 6. The molecule has 3 aromatic rings. The van der Waals surface area contributed by atoms with Crippen molar-refractivity contribution in [1.29, 1.82) is 0 Å². The van der Waals surface area contributed by atoms with Gasteiger partial charge in [0.2, 0.25) is 0 Å². The molecule has 32 heavy (non-hydrogen) atoms. The number of fused-ring (bicyclic) bond motifs is 5. The highest BCUT2D eigenvalue weighted by Gasteiger charge is 2.35. The molecule has 0 radical (unpaired) electrons. The number of rotatable bonds is 2. The van der Waals surface area contributed by atoms with E-state index in [1.54, 1.807) is 0 Å². The van der Waals surface area contributed by atoms with E-state index >= 15 is 0 Å². The fourth-order valence-corrected chi connectivity index (χ4v) is 3.93. The van der Waals surface area contributed by atoms with Crippen molar-refractivity contribution in [3.05, 3.63) is 72.0 Å². The summed E-state index contributed by atoms with van der Waals surface area (Å²) in [6.07, 6.45) is 2.30. The first kappa shape index (κ1) is 20.5. The van der Waals surface area contributed by atoms with Gasteiger partial charge in [-0.1, -0.05) is 12.7 Å². The quantitative estimate of drug-likeness (QED) is 0.165. The van der Waals surface area contributed by atoms with Crippen molar-refractivity contribution >= 4 is 11.3 Å². The van der Waals surface area contributed by atoms with Gasteiger partial charge in [0.1, 0.15) is 46.0 Å². The molecule has 0 unspecified atom stereocenters. The summed E-state index contributed by atoms with van der Waals surface area (Å²) in [6, 6.07) is 6.67. The maximum atomic E-state index is 11.2. The van der Waals surface area contributed by atoms with Crippen LogP contribution >= 0.6 is 0 Å². The van der Waals surface area contributed by atoms with E-state index in [4.69, 9.17) is 0 Å². The third kappa shape index (κ3) is 2.78. The molecule has 1 aliphatic rings. The van der Waals surface area contributed by atoms with Crippen LogP contribution in [-0.4, -0.2) is 40.9 Å². The molecular weight excluding hydrogens is 416 g/mol. The lowest BCUT2D eigenvalue weighted by Crippen LogP contribution is -2.05. The summed E-state index contributed by atoms with van der Waals surface area (Å²) < 4.78 is 0. The lowest BCUT2D eigenvalue weighted by Gasteiger charge is -2.26. The lowest BCUT2D eigenvalue weighted by molar-refractivity contribution is 0.427. The van der Waals surface area contributed by atoms with Crippen LogP contribution in [0.5, 0.6) is 34.5 Å². The SMILES string of the molecule is C=C/C=C(O)\C1=C(/O)c2c(O)ccc(O)c2-c2c(O)ccc(O)c2-c2c(O)ccc(O)c21. The second-order valence-corrected chi connectivity index (χ2v) is 7.07. The number of hydrogen-bond acceptors (Lipinski definition) is 8. The van der Waals surface area contributed by atoms with E-state index in [2.05, 4.69) is 6.58 Å². The monoisotopic (exact) mass is 434 g/mol. The van der Waals surface area contributed by atoms with Gasteiger partial charge in [0.15, 0.2) is 0 Å². The molecule has 0 fully saturated rings. The van der Waals surface area contributed by atoms with Gasteiger partial charge >= 0.3 is 0 Å². The van der Waals surface area contributed by atoms with Crippen LogP contribution in [0, 0.1) is 0 Å². The zero-order valence-electron chi connectivity index (χ0n) is 16.4. The summed E-state index contributed by atoms with van der Waals surface area (Å²) in [5.41, 5.74) is -2.08. The molecule has 4 rings (SSSR count). The van der Waals surface area contributed by atoms with Crippen molar-refractivity contribution in [3.63, 3.8) is 0 Å². The number of hydrogen-bond donors (Lipinski definition) is 8. The first-order chi connectivity index (χ1) is 15.2. The number of aliphatic hydroxyl groups excluding tert-OH is 2. The molecule has 1 aliphatic carbocycles. The van der Waals surface area contributed by atoms with Gasteiger partial charge in [-0.05, 0) is 42.5 Å². The largest absolute Gasteiger partial charge is 0.507 e. The minimum absolute atomic E-state index is 0.216. The Kier molecular flexibility index (Phi) is 4.63. The summed E-state index contributed by atoms with van der Waals surface area (Å²) in [5.74, 6) is -4.29. The van der Waals surface area contributed by atoms with Crippen LogP contribution in [0.4, 0.5) is 0 Å². The fourth-order valence-electron chi connectivity index (χ4n) is 3.93. The normalized spacial score (nSPS) is 15.2. The zero-order valence-corrected chi connectivity index (χ0v) is 16.4. The predicted molar refractivity (Wildman–Crippen MR) is 118 cm³/mol. The van der Waals surface area contributed by atoms with Crippen molar-refractivity contribution in [2.75, 3.05) is 0 Å². The molecule has 3 aromatic carbocycles. The highest BCUT2D eigenvalue weighted by Crippen LogP contribution is 2.58. The molecule has 162 valence electrons. The highest BCUT2D eigenvalue weighted by atomic mass is 16.3. The molecule has 0 heterocycles. The van der Waals surface area contributed by atoms with E-state index in [1.807, 2.05) is 0 Å². The third-order valence-electron chi connectivity index (χ3n) is 5.24. The van der Waals surface area contributed by atoms with Crippen molar-refractivity contribution in [1.82, 2.24) is 0 Å². The van der Waals surface area contributed by atoms with Crippen molar-refractivity contribution in [2.45, 2.75) is 0 Å². The van der Waals surface area contributed by atoms with Crippen LogP contribution in [0.25, 0.3) is 33.6 Å². The molecular formula is C24H18O8. The first-order valence-corrected chi connectivity index (χ1v) is 9.30. The van der Waals surface area contributed by atoms with Crippen LogP contribution in [0.1, 0.15) is 11.1 Å². The van der Waals surface area contributed by atoms with Crippen LogP contribution in [0.15, 0.2) is 60.9 Å². The smallest absolute Gasteiger partial charge is 0.139 e. The van der Waals surface area contributed by atoms with Gasteiger partial charge in [0.05, 0.1) is 11.1 Å². The average Bonchev–Trinajstić information content (AvgIpc) is 2.73. The number of allylic oxidation sites excluding steroid dienone is 3. The first-order valence-electron chi connectivity index (χ1n) is 9.30. The second-order valence-electron chi connectivity index (χ2n) is 7.07. The van der Waals surface area contributed by atoms with Gasteiger partial charge in [-0.25, -0.2) is 0 Å². The molecule has 8 heteroatoms. The molecule has 0 amide bonds. The Bertz CT molecular complexity index is 1370. The average molecular weight is 434 g/mol. The Labute approximate surface area is 181 Å². The van der Waals surface area contributed by atoms with Crippen LogP contribution in [0.2, 0.25) is 0 Å². The summed E-state index contributed by atoms with van der Waals surface area (Å²) >= 11 is 0. The number of phenols is 6. The van der Waals surface area contributed by atoms with E-state index < -0.39 is 51.6 Å². The maximum Gasteiger partial charge on any atom is 0.139 e. The minimum Gasteiger partial charge on any atom is -0.507 e. The van der Waals surface area contributed by atoms with Gasteiger partial charge in [-0.15, -0.1) is 0 Å².